The first-order valence-corrected chi connectivity index (χ1v) is 9.93. The van der Waals surface area contributed by atoms with E-state index in [9.17, 15) is 9.59 Å². The van der Waals surface area contributed by atoms with Crippen LogP contribution in [0, 0.1) is 0 Å². The van der Waals surface area contributed by atoms with Crippen LogP contribution in [0.25, 0.3) is 0 Å². The van der Waals surface area contributed by atoms with Gasteiger partial charge in [-0.2, -0.15) is 0 Å². The summed E-state index contributed by atoms with van der Waals surface area (Å²) in [4.78, 5) is 26.9. The lowest BCUT2D eigenvalue weighted by Crippen LogP contribution is -2.50. The molecule has 0 heterocycles. The zero-order chi connectivity index (χ0) is 21.1. The second-order valence-electron chi connectivity index (χ2n) is 6.75. The minimum absolute atomic E-state index is 0.132. The number of nitrogens with one attached hydrogen (secondary N) is 1. The van der Waals surface area contributed by atoms with Crippen LogP contribution >= 0.6 is 0 Å². The molecule has 0 aliphatic rings. The average molecular weight is 399 g/mol. The van der Waals surface area contributed by atoms with Crippen LogP contribution in [0.4, 0.5) is 0 Å². The topological polar surface area (TPSA) is 67.9 Å². The Morgan fingerprint density at radius 1 is 1.03 bits per heavy atom. The zero-order valence-electron chi connectivity index (χ0n) is 17.4. The van der Waals surface area contributed by atoms with E-state index in [1.54, 1.807) is 43.2 Å². The van der Waals surface area contributed by atoms with Crippen molar-refractivity contribution in [3.8, 4) is 11.5 Å². The summed E-state index contributed by atoms with van der Waals surface area (Å²) in [5.41, 5.74) is 1.11. The molecule has 29 heavy (non-hydrogen) atoms. The summed E-state index contributed by atoms with van der Waals surface area (Å²) < 4.78 is 10.8. The number of nitrogens with zero attached hydrogens (tertiary/aromatic N) is 1. The predicted molar refractivity (Wildman–Crippen MR) is 113 cm³/mol. The molecule has 0 radical (unpaired) electrons. The monoisotopic (exact) mass is 398 g/mol. The van der Waals surface area contributed by atoms with Crippen LogP contribution in [0.1, 0.15) is 25.8 Å². The van der Waals surface area contributed by atoms with E-state index in [0.717, 1.165) is 17.7 Å². The van der Waals surface area contributed by atoms with Gasteiger partial charge in [0.2, 0.25) is 5.91 Å². The minimum Gasteiger partial charge on any atom is -0.497 e. The van der Waals surface area contributed by atoms with Crippen molar-refractivity contribution in [3.63, 3.8) is 0 Å². The molecule has 1 atom stereocenters. The normalized spacial score (nSPS) is 11.4. The van der Waals surface area contributed by atoms with Crippen LogP contribution in [-0.4, -0.2) is 49.6 Å². The van der Waals surface area contributed by atoms with Gasteiger partial charge in [0, 0.05) is 13.1 Å². The van der Waals surface area contributed by atoms with Gasteiger partial charge < -0.3 is 19.7 Å². The Balaban J connectivity index is 2.02. The van der Waals surface area contributed by atoms with Crippen molar-refractivity contribution in [3.05, 3.63) is 60.2 Å². The summed E-state index contributed by atoms with van der Waals surface area (Å²) in [5, 5.41) is 2.86. The number of carbonyl (C=O) groups is 2. The lowest BCUT2D eigenvalue weighted by Gasteiger charge is -2.28. The predicted octanol–water partition coefficient (Wildman–Crippen LogP) is 3.06. The molecule has 0 saturated heterocycles. The first-order chi connectivity index (χ1) is 14.0. The summed E-state index contributed by atoms with van der Waals surface area (Å²) in [7, 11) is 1.59. The molecule has 2 rings (SSSR count). The van der Waals surface area contributed by atoms with Gasteiger partial charge in [-0.3, -0.25) is 9.59 Å². The molecule has 6 nitrogen and oxygen atoms in total. The fourth-order valence-corrected chi connectivity index (χ4v) is 2.87. The third-order valence-electron chi connectivity index (χ3n) is 4.62. The number of carbonyl (C=O) groups excluding carboxylic acids is 2. The summed E-state index contributed by atoms with van der Waals surface area (Å²) in [6, 6.07) is 16.4. The van der Waals surface area contributed by atoms with Crippen molar-refractivity contribution >= 4 is 11.8 Å². The highest BCUT2D eigenvalue weighted by Gasteiger charge is 2.25. The third-order valence-corrected chi connectivity index (χ3v) is 4.62. The second kappa shape index (κ2) is 11.7. The molecular formula is C23H30N2O4. The molecule has 156 valence electrons. The van der Waals surface area contributed by atoms with Gasteiger partial charge in [-0.15, -0.1) is 0 Å². The van der Waals surface area contributed by atoms with E-state index in [1.807, 2.05) is 37.3 Å². The molecule has 2 aromatic rings. The van der Waals surface area contributed by atoms with Gasteiger partial charge in [0.1, 0.15) is 17.5 Å². The van der Waals surface area contributed by atoms with Gasteiger partial charge in [0.05, 0.1) is 7.11 Å². The Morgan fingerprint density at radius 2 is 1.69 bits per heavy atom. The largest absolute Gasteiger partial charge is 0.497 e. The maximum Gasteiger partial charge on any atom is 0.261 e. The molecule has 1 N–H and O–H groups in total. The molecular weight excluding hydrogens is 368 g/mol. The molecule has 0 fully saturated rings. The number of hydrogen-bond acceptors (Lipinski definition) is 4. The molecule has 6 heteroatoms. The number of hydrogen-bond donors (Lipinski definition) is 1. The molecule has 2 amide bonds. The lowest BCUT2D eigenvalue weighted by atomic mass is 10.1. The summed E-state index contributed by atoms with van der Waals surface area (Å²) in [6.07, 6.45) is 1.51. The molecule has 2 aromatic carbocycles. The highest BCUT2D eigenvalue weighted by Crippen LogP contribution is 2.17. The van der Waals surface area contributed by atoms with E-state index < -0.39 is 6.04 Å². The molecule has 0 aromatic heterocycles. The lowest BCUT2D eigenvalue weighted by molar-refractivity contribution is -0.141. The van der Waals surface area contributed by atoms with E-state index >= 15 is 0 Å². The van der Waals surface area contributed by atoms with E-state index in [-0.39, 0.29) is 18.4 Å². The van der Waals surface area contributed by atoms with Gasteiger partial charge in [0.25, 0.3) is 5.91 Å². The average Bonchev–Trinajstić information content (AvgIpc) is 2.77. The fraction of sp³-hybridized carbons (Fsp3) is 0.391. The van der Waals surface area contributed by atoms with Crippen molar-refractivity contribution < 1.29 is 19.1 Å². The molecule has 0 saturated carbocycles. The van der Waals surface area contributed by atoms with E-state index in [2.05, 4.69) is 5.32 Å². The molecule has 0 bridgehead atoms. The van der Waals surface area contributed by atoms with Gasteiger partial charge in [-0.1, -0.05) is 37.3 Å². The number of benzene rings is 2. The van der Waals surface area contributed by atoms with Crippen LogP contribution in [0.2, 0.25) is 0 Å². The van der Waals surface area contributed by atoms with Crippen molar-refractivity contribution in [2.24, 2.45) is 0 Å². The van der Waals surface area contributed by atoms with Crippen LogP contribution < -0.4 is 14.8 Å². The van der Waals surface area contributed by atoms with Gasteiger partial charge >= 0.3 is 0 Å². The maximum atomic E-state index is 12.9. The SMILES string of the molecule is CCCNC(=O)C(C)N(CCc1ccccc1)C(=O)COc1ccc(OC)cc1. The minimum atomic E-state index is -0.572. The van der Waals surface area contributed by atoms with E-state index in [4.69, 9.17) is 9.47 Å². The van der Waals surface area contributed by atoms with Crippen molar-refractivity contribution in [2.45, 2.75) is 32.7 Å². The molecule has 0 spiro atoms. The molecule has 0 aliphatic heterocycles. The first-order valence-electron chi connectivity index (χ1n) is 9.93. The van der Waals surface area contributed by atoms with E-state index in [0.29, 0.717) is 25.3 Å². The maximum absolute atomic E-state index is 12.9. The quantitative estimate of drug-likeness (QED) is 0.632. The number of rotatable bonds is 11. The van der Waals surface area contributed by atoms with Crippen molar-refractivity contribution in [2.75, 3.05) is 26.8 Å². The Hall–Kier alpha value is -3.02. The zero-order valence-corrected chi connectivity index (χ0v) is 17.4. The van der Waals surface area contributed by atoms with Crippen LogP contribution in [0.3, 0.4) is 0 Å². The Morgan fingerprint density at radius 3 is 2.31 bits per heavy atom. The smallest absolute Gasteiger partial charge is 0.261 e. The van der Waals surface area contributed by atoms with E-state index in [1.165, 1.54) is 0 Å². The summed E-state index contributed by atoms with van der Waals surface area (Å²) in [5.74, 6) is 0.910. The first kappa shape index (κ1) is 22.3. The standard InChI is InChI=1S/C23H30N2O4/c1-4-15-24-23(27)18(2)25(16-14-19-8-6-5-7-9-19)22(26)17-29-21-12-10-20(28-3)11-13-21/h5-13,18H,4,14-17H2,1-3H3,(H,24,27). The Kier molecular flexibility index (Phi) is 9.02. The van der Waals surface area contributed by atoms with Crippen LogP contribution in [-0.2, 0) is 16.0 Å². The fourth-order valence-electron chi connectivity index (χ4n) is 2.87. The Bertz CT molecular complexity index is 762. The van der Waals surface area contributed by atoms with Crippen molar-refractivity contribution in [1.29, 1.82) is 0 Å². The summed E-state index contributed by atoms with van der Waals surface area (Å²) in [6.45, 7) is 4.64. The second-order valence-corrected chi connectivity index (χ2v) is 6.75. The van der Waals surface area contributed by atoms with Gasteiger partial charge in [0.15, 0.2) is 6.61 Å². The van der Waals surface area contributed by atoms with Gasteiger partial charge in [-0.25, -0.2) is 0 Å². The van der Waals surface area contributed by atoms with Gasteiger partial charge in [-0.05, 0) is 49.6 Å². The number of amides is 2. The number of ether oxygens (including phenoxy) is 2. The third kappa shape index (κ3) is 7.14. The highest BCUT2D eigenvalue weighted by atomic mass is 16.5. The number of methoxy groups -OCH3 is 1. The summed E-state index contributed by atoms with van der Waals surface area (Å²) >= 11 is 0. The van der Waals surface area contributed by atoms with Crippen LogP contribution in [0.5, 0.6) is 11.5 Å². The Labute approximate surface area is 172 Å². The van der Waals surface area contributed by atoms with Crippen LogP contribution in [0.15, 0.2) is 54.6 Å². The molecule has 1 unspecified atom stereocenters. The molecule has 0 aliphatic carbocycles. The van der Waals surface area contributed by atoms with Crippen molar-refractivity contribution in [1.82, 2.24) is 10.2 Å². The highest BCUT2D eigenvalue weighted by molar-refractivity contribution is 5.87.